The molecule has 12 heteroatoms. The summed E-state index contributed by atoms with van der Waals surface area (Å²) >= 11 is 0. The fraction of sp³-hybridized carbons (Fsp3) is 0.273. The van der Waals surface area contributed by atoms with Crippen LogP contribution in [0.25, 0.3) is 0 Å². The van der Waals surface area contributed by atoms with Crippen LogP contribution in [0.3, 0.4) is 0 Å². The molecular formula is C33H33N3O9. The average molecular weight is 616 g/mol. The maximum atomic E-state index is 14.5. The van der Waals surface area contributed by atoms with Crippen LogP contribution in [0.5, 0.6) is 0 Å². The van der Waals surface area contributed by atoms with Gasteiger partial charge < -0.3 is 14.2 Å². The van der Waals surface area contributed by atoms with Gasteiger partial charge in [0.2, 0.25) is 0 Å². The monoisotopic (exact) mass is 615 g/mol. The average Bonchev–Trinajstić information content (AvgIpc) is 3.07. The number of hydrogen-bond acceptors (Lipinski definition) is 9. The van der Waals surface area contributed by atoms with Gasteiger partial charge in [0.25, 0.3) is 0 Å². The van der Waals surface area contributed by atoms with Crippen LogP contribution in [-0.4, -0.2) is 52.9 Å². The van der Waals surface area contributed by atoms with E-state index in [1.165, 1.54) is 21.3 Å². The van der Waals surface area contributed by atoms with Crippen molar-refractivity contribution in [3.8, 4) is 0 Å². The second kappa shape index (κ2) is 14.8. The SMILES string of the molecule is COC(=O)CC(c1ccccc1)n1c(=O)n(C(CC(=O)OC)c2ccccc2)c(=O)n(C(CC(=O)OC)c2ccccc2)c1=O. The number of esters is 3. The topological polar surface area (TPSA) is 145 Å². The molecule has 0 aliphatic rings. The molecule has 0 saturated carbocycles. The number of rotatable bonds is 12. The summed E-state index contributed by atoms with van der Waals surface area (Å²) in [6.07, 6.45) is -1.31. The van der Waals surface area contributed by atoms with Gasteiger partial charge in [0, 0.05) is 0 Å². The Morgan fingerprint density at radius 1 is 0.467 bits per heavy atom. The van der Waals surface area contributed by atoms with Crippen molar-refractivity contribution in [1.82, 2.24) is 13.7 Å². The van der Waals surface area contributed by atoms with Crippen molar-refractivity contribution >= 4 is 17.9 Å². The molecule has 1 aromatic heterocycles. The summed E-state index contributed by atoms with van der Waals surface area (Å²) in [5, 5.41) is 0. The molecule has 3 aromatic carbocycles. The lowest BCUT2D eigenvalue weighted by Crippen LogP contribution is -2.58. The van der Waals surface area contributed by atoms with Gasteiger partial charge in [0.1, 0.15) is 0 Å². The van der Waals surface area contributed by atoms with Crippen LogP contribution in [0.4, 0.5) is 0 Å². The van der Waals surface area contributed by atoms with E-state index in [1.807, 2.05) is 0 Å². The number of nitrogens with zero attached hydrogens (tertiary/aromatic N) is 3. The van der Waals surface area contributed by atoms with E-state index in [2.05, 4.69) is 0 Å². The summed E-state index contributed by atoms with van der Waals surface area (Å²) in [7, 11) is 3.53. The van der Waals surface area contributed by atoms with Crippen LogP contribution in [-0.2, 0) is 28.6 Å². The third-order valence-corrected chi connectivity index (χ3v) is 7.49. The Bertz CT molecular complexity index is 1570. The first-order chi connectivity index (χ1) is 21.7. The fourth-order valence-corrected chi connectivity index (χ4v) is 5.22. The van der Waals surface area contributed by atoms with Crippen molar-refractivity contribution in [2.75, 3.05) is 21.3 Å². The zero-order valence-corrected chi connectivity index (χ0v) is 25.0. The van der Waals surface area contributed by atoms with Crippen LogP contribution in [0.15, 0.2) is 105 Å². The van der Waals surface area contributed by atoms with Gasteiger partial charge in [0.05, 0.1) is 58.7 Å². The number of carbonyl (C=O) groups excluding carboxylic acids is 3. The minimum atomic E-state index is -1.22. The molecule has 0 fully saturated rings. The van der Waals surface area contributed by atoms with Crippen molar-refractivity contribution in [1.29, 1.82) is 0 Å². The normalized spacial score (nSPS) is 12.9. The van der Waals surface area contributed by atoms with E-state index in [9.17, 15) is 28.8 Å². The molecule has 0 aliphatic carbocycles. The quantitative estimate of drug-likeness (QED) is 0.173. The molecule has 0 spiro atoms. The molecule has 0 amide bonds. The van der Waals surface area contributed by atoms with Gasteiger partial charge in [-0.1, -0.05) is 91.0 Å². The Morgan fingerprint density at radius 2 is 0.689 bits per heavy atom. The highest BCUT2D eigenvalue weighted by Gasteiger charge is 2.33. The van der Waals surface area contributed by atoms with Gasteiger partial charge in [-0.05, 0) is 16.7 Å². The molecular weight excluding hydrogens is 582 g/mol. The third kappa shape index (κ3) is 7.18. The summed E-state index contributed by atoms with van der Waals surface area (Å²) in [5.41, 5.74) is -1.98. The second-order valence-corrected chi connectivity index (χ2v) is 10.1. The summed E-state index contributed by atoms with van der Waals surface area (Å²) in [4.78, 5) is 81.5. The number of methoxy groups -OCH3 is 3. The number of carbonyl (C=O) groups is 3. The largest absolute Gasteiger partial charge is 0.469 e. The molecule has 0 radical (unpaired) electrons. The minimum Gasteiger partial charge on any atom is -0.469 e. The van der Waals surface area contributed by atoms with Crippen LogP contribution < -0.4 is 17.1 Å². The highest BCUT2D eigenvalue weighted by atomic mass is 16.5. The van der Waals surface area contributed by atoms with E-state index < -0.39 is 72.4 Å². The highest BCUT2D eigenvalue weighted by Crippen LogP contribution is 2.25. The van der Waals surface area contributed by atoms with Crippen LogP contribution in [0, 0.1) is 0 Å². The zero-order valence-electron chi connectivity index (χ0n) is 25.0. The molecule has 0 bridgehead atoms. The Balaban J connectivity index is 2.17. The van der Waals surface area contributed by atoms with Crippen molar-refractivity contribution in [2.24, 2.45) is 0 Å². The number of benzene rings is 3. The van der Waals surface area contributed by atoms with Crippen LogP contribution in [0.2, 0.25) is 0 Å². The standard InChI is InChI=1S/C33H33N3O9/c1-43-28(37)19-25(22-13-7-4-8-14-22)34-31(40)35(26(20-29(38)44-2)23-15-9-5-10-16-23)33(42)36(32(34)41)27(21-30(39)45-3)24-17-11-6-12-18-24/h4-18,25-27H,19-21H2,1-3H3. The number of ether oxygens (including phenoxy) is 3. The molecule has 45 heavy (non-hydrogen) atoms. The maximum Gasteiger partial charge on any atom is 0.337 e. The molecule has 0 aliphatic heterocycles. The van der Waals surface area contributed by atoms with Crippen molar-refractivity contribution in [3.05, 3.63) is 139 Å². The van der Waals surface area contributed by atoms with E-state index in [-0.39, 0.29) is 0 Å². The van der Waals surface area contributed by atoms with E-state index in [4.69, 9.17) is 14.2 Å². The van der Waals surface area contributed by atoms with Gasteiger partial charge in [-0.2, -0.15) is 0 Å². The first-order valence-electron chi connectivity index (χ1n) is 14.1. The molecule has 1 heterocycles. The second-order valence-electron chi connectivity index (χ2n) is 10.1. The third-order valence-electron chi connectivity index (χ3n) is 7.49. The lowest BCUT2D eigenvalue weighted by molar-refractivity contribution is -0.142. The molecule has 4 aromatic rings. The van der Waals surface area contributed by atoms with E-state index in [1.54, 1.807) is 91.0 Å². The van der Waals surface area contributed by atoms with Crippen molar-refractivity contribution < 1.29 is 28.6 Å². The summed E-state index contributed by atoms with van der Waals surface area (Å²) < 4.78 is 17.1. The number of aromatic nitrogens is 3. The summed E-state index contributed by atoms with van der Waals surface area (Å²) in [6.45, 7) is 0. The van der Waals surface area contributed by atoms with Gasteiger partial charge in [-0.15, -0.1) is 0 Å². The minimum absolute atomic E-state index is 0.410. The van der Waals surface area contributed by atoms with Gasteiger partial charge >= 0.3 is 35.0 Å². The lowest BCUT2D eigenvalue weighted by atomic mass is 10.0. The van der Waals surface area contributed by atoms with Crippen LogP contribution in [0.1, 0.15) is 54.1 Å². The predicted molar refractivity (Wildman–Crippen MR) is 163 cm³/mol. The van der Waals surface area contributed by atoms with E-state index >= 15 is 0 Å². The van der Waals surface area contributed by atoms with Crippen LogP contribution >= 0.6 is 0 Å². The molecule has 234 valence electrons. The molecule has 12 nitrogen and oxygen atoms in total. The predicted octanol–water partition coefficient (Wildman–Crippen LogP) is 2.63. The van der Waals surface area contributed by atoms with Crippen molar-refractivity contribution in [3.63, 3.8) is 0 Å². The molecule has 3 unspecified atom stereocenters. The van der Waals surface area contributed by atoms with E-state index in [0.717, 1.165) is 13.7 Å². The summed E-state index contributed by atoms with van der Waals surface area (Å²) in [6, 6.07) is 21.3. The lowest BCUT2D eigenvalue weighted by Gasteiger charge is -2.27. The van der Waals surface area contributed by atoms with Gasteiger partial charge in [0.15, 0.2) is 0 Å². The Morgan fingerprint density at radius 3 is 0.889 bits per heavy atom. The first kappa shape index (κ1) is 32.4. The molecule has 0 N–H and O–H groups in total. The summed E-state index contributed by atoms with van der Waals surface area (Å²) in [5.74, 6) is -2.16. The van der Waals surface area contributed by atoms with Gasteiger partial charge in [-0.25, -0.2) is 28.1 Å². The maximum absolute atomic E-state index is 14.5. The molecule has 4 rings (SSSR count). The Kier molecular flexibility index (Phi) is 10.6. The Hall–Kier alpha value is -5.52. The van der Waals surface area contributed by atoms with Gasteiger partial charge in [-0.3, -0.25) is 14.4 Å². The Labute approximate surface area is 258 Å². The van der Waals surface area contributed by atoms with E-state index in [0.29, 0.717) is 16.7 Å². The highest BCUT2D eigenvalue weighted by molar-refractivity contribution is 5.71. The molecule has 0 saturated heterocycles. The van der Waals surface area contributed by atoms with Crippen molar-refractivity contribution in [2.45, 2.75) is 37.4 Å². The first-order valence-corrected chi connectivity index (χ1v) is 14.1. The molecule has 3 atom stereocenters. The zero-order chi connectivity index (χ0) is 32.5. The fourth-order valence-electron chi connectivity index (χ4n) is 5.22. The number of hydrogen-bond donors (Lipinski definition) is 0. The smallest absolute Gasteiger partial charge is 0.337 e.